The minimum atomic E-state index is -0.320. The number of oxazole rings is 1. The van der Waals surface area contributed by atoms with Gasteiger partial charge in [0, 0.05) is 57.6 Å². The van der Waals surface area contributed by atoms with Gasteiger partial charge in [-0.2, -0.15) is 0 Å². The molecule has 4 heterocycles. The van der Waals surface area contributed by atoms with E-state index in [1.54, 1.807) is 59.7 Å². The molecular weight excluding hydrogens is 529 g/mol. The van der Waals surface area contributed by atoms with Gasteiger partial charge in [0.05, 0.1) is 6.04 Å². The third kappa shape index (κ3) is 5.58. The summed E-state index contributed by atoms with van der Waals surface area (Å²) in [6, 6.07) is 14.8. The number of anilines is 1. The lowest BCUT2D eigenvalue weighted by Crippen LogP contribution is -2.52. The molecule has 210 valence electrons. The first-order chi connectivity index (χ1) is 19.8. The van der Waals surface area contributed by atoms with Crippen LogP contribution in [-0.4, -0.2) is 75.8 Å². The van der Waals surface area contributed by atoms with Gasteiger partial charge in [-0.15, -0.1) is 10.2 Å². The maximum absolute atomic E-state index is 14.1. The number of rotatable bonds is 6. The van der Waals surface area contributed by atoms with Crippen molar-refractivity contribution in [1.82, 2.24) is 35.8 Å². The Morgan fingerprint density at radius 2 is 1.90 bits per heavy atom. The highest BCUT2D eigenvalue weighted by Crippen LogP contribution is 2.28. The summed E-state index contributed by atoms with van der Waals surface area (Å²) in [5.74, 6) is 0.302. The van der Waals surface area contributed by atoms with Crippen molar-refractivity contribution in [3.8, 4) is 11.5 Å². The van der Waals surface area contributed by atoms with Crippen molar-refractivity contribution in [2.45, 2.75) is 13.0 Å². The Kier molecular flexibility index (Phi) is 7.03. The summed E-state index contributed by atoms with van der Waals surface area (Å²) in [5.41, 5.74) is 9.44. The summed E-state index contributed by atoms with van der Waals surface area (Å²) >= 11 is 0. The van der Waals surface area contributed by atoms with Gasteiger partial charge < -0.3 is 14.6 Å². The number of hydrogen-bond donors (Lipinski definition) is 3. The highest BCUT2D eigenvalue weighted by molar-refractivity contribution is 5.94. The maximum Gasteiger partial charge on any atom is 0.272 e. The van der Waals surface area contributed by atoms with Crippen LogP contribution in [0.1, 0.15) is 29.0 Å². The van der Waals surface area contributed by atoms with Crippen molar-refractivity contribution in [1.29, 1.82) is 0 Å². The SMILES string of the molecule is CC(=O)Nc1ccc2oc(-c3ccnc(C(=O)N4CCN(C(C5=NNN(C)N5)c5cccc(F)c5)CC4)c3)nc2c1. The summed E-state index contributed by atoms with van der Waals surface area (Å²) in [6.07, 6.45) is 1.56. The molecule has 2 aliphatic heterocycles. The standard InChI is InChI=1S/C28H28FN9O3/c1-17(39)31-21-6-7-24-22(16-21)32-27(41-24)19-8-9-30-23(15-19)28(40)38-12-10-37(11-13-38)25(26-33-35-36(2)34-26)18-4-3-5-20(29)14-18/h3-9,14-16,25,35H,10-13H2,1-2H3,(H,31,39)(H,33,34). The summed E-state index contributed by atoms with van der Waals surface area (Å²) in [5, 5.41) is 8.72. The van der Waals surface area contributed by atoms with Crippen molar-refractivity contribution >= 4 is 34.4 Å². The fourth-order valence-electron chi connectivity index (χ4n) is 5.05. The van der Waals surface area contributed by atoms with Gasteiger partial charge in [-0.05, 0) is 48.0 Å². The molecule has 1 fully saturated rings. The van der Waals surface area contributed by atoms with Crippen LogP contribution in [-0.2, 0) is 4.79 Å². The molecule has 3 N–H and O–H groups in total. The quantitative estimate of drug-likeness (QED) is 0.328. The van der Waals surface area contributed by atoms with Crippen LogP contribution in [0.5, 0.6) is 0 Å². The number of halogens is 1. The third-order valence-electron chi connectivity index (χ3n) is 6.93. The van der Waals surface area contributed by atoms with Crippen LogP contribution in [0.3, 0.4) is 0 Å². The van der Waals surface area contributed by atoms with Crippen LogP contribution >= 0.6 is 0 Å². The van der Waals surface area contributed by atoms with Crippen molar-refractivity contribution in [3.63, 3.8) is 0 Å². The van der Waals surface area contributed by atoms with Crippen LogP contribution in [0.2, 0.25) is 0 Å². The fourth-order valence-corrected chi connectivity index (χ4v) is 5.05. The van der Waals surface area contributed by atoms with Gasteiger partial charge in [-0.3, -0.25) is 24.9 Å². The van der Waals surface area contributed by atoms with E-state index in [-0.39, 0.29) is 29.4 Å². The van der Waals surface area contributed by atoms with Crippen molar-refractivity contribution in [2.75, 3.05) is 38.5 Å². The van der Waals surface area contributed by atoms with Gasteiger partial charge in [0.2, 0.25) is 11.8 Å². The molecule has 12 nitrogen and oxygen atoms in total. The maximum atomic E-state index is 14.1. The smallest absolute Gasteiger partial charge is 0.272 e. The molecule has 6 rings (SSSR count). The number of amidine groups is 1. The Balaban J connectivity index is 1.17. The number of nitrogens with zero attached hydrogens (tertiary/aromatic N) is 6. The summed E-state index contributed by atoms with van der Waals surface area (Å²) in [7, 11) is 1.79. The molecule has 1 saturated heterocycles. The Morgan fingerprint density at radius 1 is 1.07 bits per heavy atom. The van der Waals surface area contributed by atoms with Gasteiger partial charge in [0.15, 0.2) is 11.4 Å². The first kappa shape index (κ1) is 26.3. The molecule has 0 bridgehead atoms. The molecule has 0 spiro atoms. The number of fused-ring (bicyclic) bond motifs is 1. The molecule has 2 aromatic heterocycles. The number of piperazine rings is 1. The van der Waals surface area contributed by atoms with E-state index < -0.39 is 0 Å². The lowest BCUT2D eigenvalue weighted by Gasteiger charge is -2.39. The predicted molar refractivity (Wildman–Crippen MR) is 150 cm³/mol. The van der Waals surface area contributed by atoms with Gasteiger partial charge >= 0.3 is 0 Å². The van der Waals surface area contributed by atoms with Crippen LogP contribution in [0.25, 0.3) is 22.6 Å². The second-order valence-electron chi connectivity index (χ2n) is 9.87. The van der Waals surface area contributed by atoms with Crippen LogP contribution in [0.15, 0.2) is 70.3 Å². The molecule has 4 aromatic rings. The number of hydrazine groups is 2. The van der Waals surface area contributed by atoms with Gasteiger partial charge in [0.1, 0.15) is 17.0 Å². The number of aromatic nitrogens is 2. The fraction of sp³-hybridized carbons (Fsp3) is 0.250. The van der Waals surface area contributed by atoms with Crippen molar-refractivity contribution < 1.29 is 18.4 Å². The summed E-state index contributed by atoms with van der Waals surface area (Å²) in [4.78, 5) is 37.6. The highest BCUT2D eigenvalue weighted by Gasteiger charge is 2.33. The number of carbonyl (C=O) groups is 2. The van der Waals surface area contributed by atoms with Gasteiger partial charge in [-0.1, -0.05) is 12.1 Å². The zero-order chi connectivity index (χ0) is 28.5. The van der Waals surface area contributed by atoms with E-state index >= 15 is 0 Å². The first-order valence-electron chi connectivity index (χ1n) is 13.1. The number of hydrogen-bond acceptors (Lipinski definition) is 10. The Bertz CT molecular complexity index is 1650. The second kappa shape index (κ2) is 10.9. The van der Waals surface area contributed by atoms with Gasteiger partial charge in [0.25, 0.3) is 5.91 Å². The van der Waals surface area contributed by atoms with E-state index in [1.807, 2.05) is 6.07 Å². The van der Waals surface area contributed by atoms with E-state index in [0.29, 0.717) is 60.3 Å². The lowest BCUT2D eigenvalue weighted by molar-refractivity contribution is -0.114. The summed E-state index contributed by atoms with van der Waals surface area (Å²) < 4.78 is 20.0. The number of benzene rings is 2. The van der Waals surface area contributed by atoms with Crippen molar-refractivity contribution in [3.05, 3.63) is 77.9 Å². The number of pyridine rings is 1. The molecular formula is C28H28FN9O3. The number of amides is 2. The van der Waals surface area contributed by atoms with E-state index in [4.69, 9.17) is 4.42 Å². The third-order valence-corrected chi connectivity index (χ3v) is 6.93. The molecule has 13 heteroatoms. The molecule has 2 aliphatic rings. The van der Waals surface area contributed by atoms with Crippen LogP contribution in [0.4, 0.5) is 10.1 Å². The molecule has 0 saturated carbocycles. The molecule has 1 atom stereocenters. The minimum Gasteiger partial charge on any atom is -0.436 e. The number of hydrazone groups is 1. The number of carbonyl (C=O) groups excluding carboxylic acids is 2. The Labute approximate surface area is 234 Å². The first-order valence-corrected chi connectivity index (χ1v) is 13.1. The molecule has 0 aliphatic carbocycles. The highest BCUT2D eigenvalue weighted by atomic mass is 19.1. The zero-order valence-corrected chi connectivity index (χ0v) is 22.5. The van der Waals surface area contributed by atoms with E-state index in [2.05, 4.69) is 36.2 Å². The van der Waals surface area contributed by atoms with Crippen molar-refractivity contribution in [2.24, 2.45) is 5.10 Å². The van der Waals surface area contributed by atoms with Gasteiger partial charge in [-0.25, -0.2) is 14.9 Å². The zero-order valence-electron chi connectivity index (χ0n) is 22.5. The predicted octanol–water partition coefficient (Wildman–Crippen LogP) is 2.75. The summed E-state index contributed by atoms with van der Waals surface area (Å²) in [6.45, 7) is 3.47. The normalized spacial score (nSPS) is 16.7. The second-order valence-corrected chi connectivity index (χ2v) is 9.87. The molecule has 0 radical (unpaired) electrons. The van der Waals surface area contributed by atoms with Crippen LogP contribution in [0, 0.1) is 5.82 Å². The molecule has 41 heavy (non-hydrogen) atoms. The lowest BCUT2D eigenvalue weighted by atomic mass is 10.0. The van der Waals surface area contributed by atoms with E-state index in [1.165, 1.54) is 19.1 Å². The molecule has 2 aromatic carbocycles. The molecule has 1 unspecified atom stereocenters. The Hall–Kier alpha value is -4.88. The topological polar surface area (TPSA) is 131 Å². The average Bonchev–Trinajstić information content (AvgIpc) is 3.59. The average molecular weight is 558 g/mol. The van der Waals surface area contributed by atoms with E-state index in [9.17, 15) is 14.0 Å². The minimum absolute atomic E-state index is 0.177. The van der Waals surface area contributed by atoms with Crippen LogP contribution < -0.4 is 16.3 Å². The number of nitrogens with one attached hydrogen (secondary N) is 3. The Morgan fingerprint density at radius 3 is 2.63 bits per heavy atom. The van der Waals surface area contributed by atoms with E-state index in [0.717, 1.165) is 5.56 Å². The monoisotopic (exact) mass is 557 g/mol. The largest absolute Gasteiger partial charge is 0.436 e. The molecule has 2 amide bonds.